The van der Waals surface area contributed by atoms with Crippen molar-refractivity contribution in [2.75, 3.05) is 39.2 Å². The van der Waals surface area contributed by atoms with Crippen LogP contribution in [-0.2, 0) is 9.59 Å². The molecule has 8 heteroatoms. The van der Waals surface area contributed by atoms with Gasteiger partial charge in [-0.2, -0.15) is 0 Å². The monoisotopic (exact) mass is 548 g/mol. The van der Waals surface area contributed by atoms with E-state index in [0.717, 1.165) is 24.0 Å². The Bertz CT molecular complexity index is 1020. The van der Waals surface area contributed by atoms with E-state index in [9.17, 15) is 9.59 Å². The average Bonchev–Trinajstić information content (AvgIpc) is 2.91. The number of hydrogen-bond acceptors (Lipinski definition) is 6. The van der Waals surface area contributed by atoms with Gasteiger partial charge in [-0.25, -0.2) is 0 Å². The summed E-state index contributed by atoms with van der Waals surface area (Å²) in [7, 11) is 3.10. The minimum Gasteiger partial charge on any atom is -0.493 e. The standard InChI is InChI=1S/C29H34Cl2O6/c1-29(2,27(32)13-9-21-7-11-23(25(19-21)34-3)36-17-5-15-30)28(33)14-10-22-8-12-24(26(20-22)35-4)37-18-6-16-31/h7-14,19-20H,5-6,15-18H2,1-4H3/b13-9+,14-10+. The molecule has 0 aliphatic heterocycles. The lowest BCUT2D eigenvalue weighted by atomic mass is 9.82. The summed E-state index contributed by atoms with van der Waals surface area (Å²) in [5, 5.41) is 0. The molecule has 0 saturated carbocycles. The molecule has 0 fully saturated rings. The SMILES string of the molecule is COc1cc(/C=C/C(=O)C(C)(C)C(=O)/C=C/c2ccc(OCCCCl)c(OC)c2)ccc1OCCCCl. The van der Waals surface area contributed by atoms with Gasteiger partial charge in [-0.1, -0.05) is 24.3 Å². The van der Waals surface area contributed by atoms with Crippen molar-refractivity contribution in [3.63, 3.8) is 0 Å². The van der Waals surface area contributed by atoms with Crippen LogP contribution in [0.5, 0.6) is 23.0 Å². The molecule has 0 saturated heterocycles. The molecule has 0 atom stereocenters. The molecule has 0 heterocycles. The molecular weight excluding hydrogens is 515 g/mol. The van der Waals surface area contributed by atoms with Crippen LogP contribution in [0, 0.1) is 5.41 Å². The van der Waals surface area contributed by atoms with Crippen LogP contribution in [0.2, 0.25) is 0 Å². The van der Waals surface area contributed by atoms with Gasteiger partial charge in [0, 0.05) is 11.8 Å². The third-order valence-corrected chi connectivity index (χ3v) is 6.07. The highest BCUT2D eigenvalue weighted by Crippen LogP contribution is 2.30. The van der Waals surface area contributed by atoms with E-state index in [1.165, 1.54) is 12.2 Å². The number of alkyl halides is 2. The van der Waals surface area contributed by atoms with Crippen LogP contribution in [-0.4, -0.2) is 50.8 Å². The van der Waals surface area contributed by atoms with Crippen LogP contribution in [0.3, 0.4) is 0 Å². The Morgan fingerprint density at radius 2 is 1.14 bits per heavy atom. The molecular formula is C29H34Cl2O6. The van der Waals surface area contributed by atoms with Crippen molar-refractivity contribution < 1.29 is 28.5 Å². The summed E-state index contributed by atoms with van der Waals surface area (Å²) < 4.78 is 22.1. The second kappa shape index (κ2) is 15.3. The number of carbonyl (C=O) groups excluding carboxylic acids is 2. The Balaban J connectivity index is 2.08. The first-order valence-corrected chi connectivity index (χ1v) is 13.0. The fourth-order valence-corrected chi connectivity index (χ4v) is 3.39. The fourth-order valence-electron chi connectivity index (χ4n) is 3.17. The highest BCUT2D eigenvalue weighted by Gasteiger charge is 2.32. The van der Waals surface area contributed by atoms with Gasteiger partial charge in [0.15, 0.2) is 34.6 Å². The van der Waals surface area contributed by atoms with E-state index in [1.54, 1.807) is 64.5 Å². The highest BCUT2D eigenvalue weighted by atomic mass is 35.5. The third kappa shape index (κ3) is 9.13. The first-order valence-electron chi connectivity index (χ1n) is 12.0. The Labute approximate surface area is 229 Å². The lowest BCUT2D eigenvalue weighted by molar-refractivity contribution is -0.132. The Kier molecular flexibility index (Phi) is 12.5. The highest BCUT2D eigenvalue weighted by molar-refractivity contribution is 6.18. The van der Waals surface area contributed by atoms with Crippen LogP contribution in [0.4, 0.5) is 0 Å². The Hall–Kier alpha value is -2.96. The second-order valence-electron chi connectivity index (χ2n) is 8.62. The van der Waals surface area contributed by atoms with Gasteiger partial charge < -0.3 is 18.9 Å². The molecule has 200 valence electrons. The zero-order valence-electron chi connectivity index (χ0n) is 21.7. The second-order valence-corrected chi connectivity index (χ2v) is 9.38. The van der Waals surface area contributed by atoms with Crippen molar-refractivity contribution in [1.29, 1.82) is 0 Å². The molecule has 0 aromatic heterocycles. The van der Waals surface area contributed by atoms with Crippen molar-refractivity contribution >= 4 is 46.9 Å². The number of ketones is 2. The lowest BCUT2D eigenvalue weighted by Gasteiger charge is -2.17. The predicted octanol–water partition coefficient (Wildman–Crippen LogP) is 6.61. The third-order valence-electron chi connectivity index (χ3n) is 5.53. The van der Waals surface area contributed by atoms with Gasteiger partial charge in [0.25, 0.3) is 0 Å². The van der Waals surface area contributed by atoms with Gasteiger partial charge in [0.1, 0.15) is 0 Å². The molecule has 0 radical (unpaired) electrons. The number of hydrogen-bond donors (Lipinski definition) is 0. The summed E-state index contributed by atoms with van der Waals surface area (Å²) in [6, 6.07) is 10.7. The van der Waals surface area contributed by atoms with Crippen molar-refractivity contribution in [1.82, 2.24) is 0 Å². The molecule has 37 heavy (non-hydrogen) atoms. The average molecular weight is 549 g/mol. The van der Waals surface area contributed by atoms with Crippen LogP contribution < -0.4 is 18.9 Å². The molecule has 2 aromatic rings. The van der Waals surface area contributed by atoms with E-state index in [-0.39, 0.29) is 11.6 Å². The Morgan fingerprint density at radius 1 is 0.730 bits per heavy atom. The number of ether oxygens (including phenoxy) is 4. The van der Waals surface area contributed by atoms with Gasteiger partial charge in [0.05, 0.1) is 32.8 Å². The number of allylic oxidation sites excluding steroid dienone is 2. The minimum atomic E-state index is -1.24. The zero-order valence-corrected chi connectivity index (χ0v) is 23.2. The van der Waals surface area contributed by atoms with E-state index in [2.05, 4.69) is 0 Å². The summed E-state index contributed by atoms with van der Waals surface area (Å²) in [5.41, 5.74) is 0.249. The van der Waals surface area contributed by atoms with Gasteiger partial charge in [-0.3, -0.25) is 9.59 Å². The normalized spacial score (nSPS) is 11.6. The minimum absolute atomic E-state index is 0.316. The maximum atomic E-state index is 12.9. The van der Waals surface area contributed by atoms with Crippen LogP contribution in [0.15, 0.2) is 48.6 Å². The number of carbonyl (C=O) groups is 2. The molecule has 6 nitrogen and oxygen atoms in total. The Morgan fingerprint density at radius 3 is 1.49 bits per heavy atom. The van der Waals surface area contributed by atoms with Crippen LogP contribution in [0.25, 0.3) is 12.2 Å². The molecule has 2 aromatic carbocycles. The fraction of sp³-hybridized carbons (Fsp3) is 0.379. The molecule has 0 aliphatic carbocycles. The maximum absolute atomic E-state index is 12.9. The van der Waals surface area contributed by atoms with E-state index in [4.69, 9.17) is 42.1 Å². The van der Waals surface area contributed by atoms with Crippen molar-refractivity contribution in [2.24, 2.45) is 5.41 Å². The molecule has 0 unspecified atom stereocenters. The summed E-state index contributed by atoms with van der Waals surface area (Å²) in [6.45, 7) is 4.18. The topological polar surface area (TPSA) is 71.1 Å². The van der Waals surface area contributed by atoms with Crippen molar-refractivity contribution in [2.45, 2.75) is 26.7 Å². The molecule has 0 aliphatic rings. The summed E-state index contributed by atoms with van der Waals surface area (Å²) in [4.78, 5) is 25.8. The first kappa shape index (κ1) is 30.3. The zero-order chi connectivity index (χ0) is 27.3. The van der Waals surface area contributed by atoms with E-state index < -0.39 is 5.41 Å². The number of rotatable bonds is 16. The number of halogens is 2. The molecule has 0 spiro atoms. The smallest absolute Gasteiger partial charge is 0.169 e. The first-order chi connectivity index (χ1) is 17.8. The quantitative estimate of drug-likeness (QED) is 0.102. The lowest BCUT2D eigenvalue weighted by Crippen LogP contribution is -2.30. The number of methoxy groups -OCH3 is 2. The summed E-state index contributed by atoms with van der Waals surface area (Å²) in [5.74, 6) is 2.70. The molecule has 0 amide bonds. The van der Waals surface area contributed by atoms with E-state index in [1.807, 2.05) is 12.1 Å². The van der Waals surface area contributed by atoms with Gasteiger partial charge in [-0.05, 0) is 74.2 Å². The van der Waals surface area contributed by atoms with Gasteiger partial charge >= 0.3 is 0 Å². The molecule has 0 bridgehead atoms. The molecule has 0 N–H and O–H groups in total. The van der Waals surface area contributed by atoms with Crippen molar-refractivity contribution in [3.8, 4) is 23.0 Å². The summed E-state index contributed by atoms with van der Waals surface area (Å²) in [6.07, 6.45) is 7.57. The van der Waals surface area contributed by atoms with Gasteiger partial charge in [-0.15, -0.1) is 23.2 Å². The predicted molar refractivity (Wildman–Crippen MR) is 150 cm³/mol. The van der Waals surface area contributed by atoms with Crippen LogP contribution in [0.1, 0.15) is 37.8 Å². The molecule has 2 rings (SSSR count). The maximum Gasteiger partial charge on any atom is 0.169 e. The van der Waals surface area contributed by atoms with Crippen molar-refractivity contribution in [3.05, 3.63) is 59.7 Å². The van der Waals surface area contributed by atoms with E-state index >= 15 is 0 Å². The van der Waals surface area contributed by atoms with Crippen LogP contribution >= 0.6 is 23.2 Å². The van der Waals surface area contributed by atoms with Gasteiger partial charge in [0.2, 0.25) is 0 Å². The number of benzene rings is 2. The largest absolute Gasteiger partial charge is 0.493 e. The summed E-state index contributed by atoms with van der Waals surface area (Å²) >= 11 is 11.4. The van der Waals surface area contributed by atoms with E-state index in [0.29, 0.717) is 48.0 Å².